The Kier molecular flexibility index (Phi) is 11.9. The Morgan fingerprint density at radius 1 is 0.969 bits per heavy atom. The van der Waals surface area contributed by atoms with Gasteiger partial charge in [-0.2, -0.15) is 0 Å². The third-order valence-electron chi connectivity index (χ3n) is 3.54. The van der Waals surface area contributed by atoms with Crippen molar-refractivity contribution in [3.63, 3.8) is 0 Å². The van der Waals surface area contributed by atoms with Crippen molar-refractivity contribution in [2.45, 2.75) is 26.4 Å². The Morgan fingerprint density at radius 2 is 1.44 bits per heavy atom. The van der Waals surface area contributed by atoms with Crippen LogP contribution in [-0.4, -0.2) is 55.1 Å². The van der Waals surface area contributed by atoms with Crippen molar-refractivity contribution in [2.24, 2.45) is 0 Å². The number of amides is 1. The van der Waals surface area contributed by atoms with Gasteiger partial charge in [-0.25, -0.2) is 13.6 Å². The van der Waals surface area contributed by atoms with Gasteiger partial charge in [0.15, 0.2) is 0 Å². The molecule has 1 amide bonds. The average Bonchev–Trinajstić information content (AvgIpc) is 2.70. The molecule has 32 heavy (non-hydrogen) atoms. The van der Waals surface area contributed by atoms with Gasteiger partial charge < -0.3 is 24.2 Å². The molecular weight excluding hydrogens is 556 g/mol. The van der Waals surface area contributed by atoms with E-state index in [0.717, 1.165) is 0 Å². The van der Waals surface area contributed by atoms with Crippen molar-refractivity contribution in [2.75, 3.05) is 33.4 Å². The van der Waals surface area contributed by atoms with Crippen molar-refractivity contribution >= 4 is 38.0 Å². The number of nitrogens with zero attached hydrogens (tertiary/aromatic N) is 1. The Morgan fingerprint density at radius 3 is 1.84 bits per heavy atom. The van der Waals surface area contributed by atoms with E-state index >= 15 is 0 Å². The number of halogens is 4. The van der Waals surface area contributed by atoms with Gasteiger partial charge in [-0.15, -0.1) is 0 Å². The zero-order valence-electron chi connectivity index (χ0n) is 18.3. The third-order valence-corrected chi connectivity index (χ3v) is 4.83. The smallest absolute Gasteiger partial charge is 0.410 e. The van der Waals surface area contributed by atoms with Crippen LogP contribution in [0.3, 0.4) is 0 Å². The van der Waals surface area contributed by atoms with Gasteiger partial charge in [0.25, 0.3) is 0 Å². The number of ether oxygens (including phenoxy) is 3. The predicted octanol–water partition coefficient (Wildman–Crippen LogP) is 5.79. The molecule has 0 heterocycles. The summed E-state index contributed by atoms with van der Waals surface area (Å²) in [5.41, 5.74) is -0.527. The van der Waals surface area contributed by atoms with Gasteiger partial charge in [-0.05, 0) is 76.9 Å². The molecule has 0 aliphatic carbocycles. The van der Waals surface area contributed by atoms with Crippen molar-refractivity contribution < 1.29 is 32.9 Å². The lowest BCUT2D eigenvalue weighted by Crippen LogP contribution is -2.36. The summed E-state index contributed by atoms with van der Waals surface area (Å²) in [5, 5.41) is 8.42. The highest BCUT2D eigenvalue weighted by Crippen LogP contribution is 2.21. The van der Waals surface area contributed by atoms with E-state index in [0.29, 0.717) is 27.0 Å². The van der Waals surface area contributed by atoms with Gasteiger partial charge in [0.05, 0.1) is 22.1 Å². The van der Waals surface area contributed by atoms with Gasteiger partial charge >= 0.3 is 6.09 Å². The number of aliphatic hydroxyl groups excluding tert-OH is 1. The maximum Gasteiger partial charge on any atom is 0.410 e. The van der Waals surface area contributed by atoms with Crippen molar-refractivity contribution in [3.8, 4) is 11.5 Å². The first kappa shape index (κ1) is 28.1. The number of aliphatic hydroxyl groups is 1. The van der Waals surface area contributed by atoms with Gasteiger partial charge in [0, 0.05) is 19.2 Å². The first-order valence-corrected chi connectivity index (χ1v) is 11.2. The van der Waals surface area contributed by atoms with Crippen LogP contribution < -0.4 is 9.47 Å². The van der Waals surface area contributed by atoms with Gasteiger partial charge in [0.1, 0.15) is 41.9 Å². The standard InChI is InChI=1S/C14H19BrFNO3.C8H8BrFO2/c1-14(2,3)20-13(18)17(4)7-8-19-10-5-6-11(15)12(16)9-10;9-7-2-1-6(5-8(7)10)12-4-3-11/h5-6,9H,7-8H2,1-4H3;1-2,5,11H,3-4H2. The number of rotatable bonds is 7. The molecule has 0 saturated heterocycles. The summed E-state index contributed by atoms with van der Waals surface area (Å²) in [4.78, 5) is 13.1. The van der Waals surface area contributed by atoms with Crippen LogP contribution in [0.5, 0.6) is 11.5 Å². The van der Waals surface area contributed by atoms with Gasteiger partial charge in [-0.1, -0.05) is 0 Å². The molecule has 10 heteroatoms. The lowest BCUT2D eigenvalue weighted by Gasteiger charge is -2.24. The summed E-state index contributed by atoms with van der Waals surface area (Å²) in [6.45, 7) is 6.14. The zero-order chi connectivity index (χ0) is 24.3. The highest BCUT2D eigenvalue weighted by Gasteiger charge is 2.19. The summed E-state index contributed by atoms with van der Waals surface area (Å²) in [7, 11) is 1.62. The maximum atomic E-state index is 13.3. The normalized spacial score (nSPS) is 10.7. The van der Waals surface area contributed by atoms with Crippen LogP contribution in [0.15, 0.2) is 45.3 Å². The van der Waals surface area contributed by atoms with E-state index in [1.807, 2.05) is 0 Å². The van der Waals surface area contributed by atoms with E-state index in [2.05, 4.69) is 31.9 Å². The van der Waals surface area contributed by atoms with E-state index in [-0.39, 0.29) is 31.5 Å². The highest BCUT2D eigenvalue weighted by molar-refractivity contribution is 9.10. The Balaban J connectivity index is 0.000000363. The Hall–Kier alpha value is -1.91. The molecule has 0 fully saturated rings. The molecule has 0 atom stereocenters. The minimum atomic E-state index is -0.527. The average molecular weight is 583 g/mol. The fourth-order valence-electron chi connectivity index (χ4n) is 2.03. The number of benzene rings is 2. The minimum absolute atomic E-state index is 0.0717. The number of carbonyl (C=O) groups is 1. The van der Waals surface area contributed by atoms with Crippen molar-refractivity contribution in [3.05, 3.63) is 57.0 Å². The predicted molar refractivity (Wildman–Crippen MR) is 125 cm³/mol. The first-order chi connectivity index (χ1) is 14.9. The van der Waals surface area contributed by atoms with Crippen LogP contribution in [0, 0.1) is 11.6 Å². The van der Waals surface area contributed by atoms with E-state index < -0.39 is 11.7 Å². The number of hydrogen-bond donors (Lipinski definition) is 1. The van der Waals surface area contributed by atoms with E-state index in [1.165, 1.54) is 17.0 Å². The molecule has 0 aromatic heterocycles. The largest absolute Gasteiger partial charge is 0.492 e. The zero-order valence-corrected chi connectivity index (χ0v) is 21.5. The lowest BCUT2D eigenvalue weighted by molar-refractivity contribution is 0.0278. The van der Waals surface area contributed by atoms with Gasteiger partial charge in [-0.3, -0.25) is 0 Å². The molecule has 6 nitrogen and oxygen atoms in total. The highest BCUT2D eigenvalue weighted by atomic mass is 79.9. The molecular formula is C22H27Br2F2NO5. The molecule has 0 radical (unpaired) electrons. The SMILES string of the molecule is CN(CCOc1ccc(Br)c(F)c1)C(=O)OC(C)(C)C.OCCOc1ccc(Br)c(F)c1. The molecule has 2 aromatic carbocycles. The van der Waals surface area contributed by atoms with Crippen LogP contribution in [0.1, 0.15) is 20.8 Å². The summed E-state index contributed by atoms with van der Waals surface area (Å²) in [6.07, 6.45) is -0.414. The minimum Gasteiger partial charge on any atom is -0.492 e. The van der Waals surface area contributed by atoms with E-state index in [9.17, 15) is 13.6 Å². The molecule has 1 N–H and O–H groups in total. The topological polar surface area (TPSA) is 68.2 Å². The summed E-state index contributed by atoms with van der Waals surface area (Å²) in [6, 6.07) is 8.96. The second-order valence-electron chi connectivity index (χ2n) is 7.47. The second-order valence-corrected chi connectivity index (χ2v) is 9.18. The fraction of sp³-hybridized carbons (Fsp3) is 0.409. The fourth-order valence-corrected chi connectivity index (χ4v) is 2.52. The summed E-state index contributed by atoms with van der Waals surface area (Å²) < 4.78 is 42.4. The molecule has 0 aliphatic rings. The molecule has 178 valence electrons. The van der Waals surface area contributed by atoms with Crippen LogP contribution >= 0.6 is 31.9 Å². The van der Waals surface area contributed by atoms with Crippen LogP contribution in [-0.2, 0) is 4.74 Å². The molecule has 2 rings (SSSR count). The summed E-state index contributed by atoms with van der Waals surface area (Å²) in [5.74, 6) is 0.0847. The van der Waals surface area contributed by atoms with Crippen molar-refractivity contribution in [1.29, 1.82) is 0 Å². The second kappa shape index (κ2) is 13.6. The van der Waals surface area contributed by atoms with Crippen LogP contribution in [0.25, 0.3) is 0 Å². The first-order valence-electron chi connectivity index (χ1n) is 9.63. The van der Waals surface area contributed by atoms with E-state index in [4.69, 9.17) is 19.3 Å². The quantitative estimate of drug-likeness (QED) is 0.447. The van der Waals surface area contributed by atoms with Crippen LogP contribution in [0.2, 0.25) is 0 Å². The molecule has 0 saturated carbocycles. The molecule has 0 bridgehead atoms. The monoisotopic (exact) mass is 581 g/mol. The Bertz CT molecular complexity index is 878. The molecule has 0 unspecified atom stereocenters. The Labute approximate surface area is 203 Å². The number of carbonyl (C=O) groups excluding carboxylic acids is 1. The molecule has 0 aliphatic heterocycles. The van der Waals surface area contributed by atoms with Gasteiger partial charge in [0.2, 0.25) is 0 Å². The molecule has 0 spiro atoms. The third kappa shape index (κ3) is 11.1. The van der Waals surface area contributed by atoms with Crippen LogP contribution in [0.4, 0.5) is 13.6 Å². The van der Waals surface area contributed by atoms with Crippen molar-refractivity contribution in [1.82, 2.24) is 4.90 Å². The number of likely N-dealkylation sites (N-methyl/N-ethyl adjacent to an activating group) is 1. The van der Waals surface area contributed by atoms with E-state index in [1.54, 1.807) is 52.1 Å². The maximum absolute atomic E-state index is 13.3. The molecule has 2 aromatic rings. The summed E-state index contributed by atoms with van der Waals surface area (Å²) >= 11 is 6.09. The number of hydrogen-bond acceptors (Lipinski definition) is 5. The lowest BCUT2D eigenvalue weighted by atomic mass is 10.2.